The fourth-order valence-electron chi connectivity index (χ4n) is 2.34. The molecule has 0 saturated heterocycles. The molecule has 1 N–H and O–H groups in total. The van der Waals surface area contributed by atoms with Gasteiger partial charge in [0, 0.05) is 18.5 Å². The lowest BCUT2D eigenvalue weighted by atomic mass is 10.1. The molecule has 1 heterocycles. The molecule has 0 fully saturated rings. The molecule has 3 nitrogen and oxygen atoms in total. The van der Waals surface area contributed by atoms with Gasteiger partial charge in [0.1, 0.15) is 5.82 Å². The molecule has 3 heteroatoms. The predicted molar refractivity (Wildman–Crippen MR) is 80.7 cm³/mol. The minimum atomic E-state index is -0.726. The van der Waals surface area contributed by atoms with Crippen LogP contribution < -0.4 is 4.90 Å². The minimum absolute atomic E-state index is 0.579. The van der Waals surface area contributed by atoms with Crippen LogP contribution in [0.15, 0.2) is 30.3 Å². The number of para-hydroxylation sites is 1. The van der Waals surface area contributed by atoms with Crippen LogP contribution in [0.3, 0.4) is 0 Å². The topological polar surface area (TPSA) is 36.4 Å². The van der Waals surface area contributed by atoms with Crippen molar-refractivity contribution in [3.8, 4) is 0 Å². The van der Waals surface area contributed by atoms with Crippen molar-refractivity contribution in [2.24, 2.45) is 0 Å². The van der Waals surface area contributed by atoms with E-state index in [-0.39, 0.29) is 0 Å². The molecule has 0 amide bonds. The Labute approximate surface area is 114 Å². The molecule has 0 atom stereocenters. The van der Waals surface area contributed by atoms with Gasteiger partial charge in [-0.3, -0.25) is 0 Å². The first kappa shape index (κ1) is 13.8. The molecule has 1 aromatic carbocycles. The Morgan fingerprint density at radius 2 is 1.95 bits per heavy atom. The molecule has 0 radical (unpaired) electrons. The van der Waals surface area contributed by atoms with Gasteiger partial charge in [-0.15, -0.1) is 0 Å². The third-order valence-corrected chi connectivity index (χ3v) is 3.15. The smallest absolute Gasteiger partial charge is 0.132 e. The minimum Gasteiger partial charge on any atom is -0.389 e. The SMILES string of the molecule is CCN(CC(C)(C)O)c1nc2ccccc2cc1C. The molecular formula is C16H22N2O. The molecule has 19 heavy (non-hydrogen) atoms. The highest BCUT2D eigenvalue weighted by molar-refractivity contribution is 5.81. The maximum Gasteiger partial charge on any atom is 0.132 e. The van der Waals surface area contributed by atoms with Gasteiger partial charge in [0.05, 0.1) is 11.1 Å². The third-order valence-electron chi connectivity index (χ3n) is 3.15. The zero-order valence-corrected chi connectivity index (χ0v) is 12.1. The maximum absolute atomic E-state index is 10.0. The van der Waals surface area contributed by atoms with Gasteiger partial charge in [-0.2, -0.15) is 0 Å². The Morgan fingerprint density at radius 3 is 2.58 bits per heavy atom. The van der Waals surface area contributed by atoms with Crippen LogP contribution in [-0.2, 0) is 0 Å². The fraction of sp³-hybridized carbons (Fsp3) is 0.438. The zero-order chi connectivity index (χ0) is 14.0. The van der Waals surface area contributed by atoms with Crippen LogP contribution in [0, 0.1) is 6.92 Å². The lowest BCUT2D eigenvalue weighted by Crippen LogP contribution is -2.39. The van der Waals surface area contributed by atoms with Crippen molar-refractivity contribution >= 4 is 16.7 Å². The summed E-state index contributed by atoms with van der Waals surface area (Å²) in [6, 6.07) is 10.3. The molecule has 0 aliphatic rings. The standard InChI is InChI=1S/C16H22N2O/c1-5-18(11-16(3,4)19)15-12(2)10-13-8-6-7-9-14(13)17-15/h6-10,19H,5,11H2,1-4H3. The van der Waals surface area contributed by atoms with Crippen molar-refractivity contribution in [1.82, 2.24) is 4.98 Å². The van der Waals surface area contributed by atoms with Gasteiger partial charge >= 0.3 is 0 Å². The van der Waals surface area contributed by atoms with Crippen molar-refractivity contribution in [1.29, 1.82) is 0 Å². The highest BCUT2D eigenvalue weighted by Crippen LogP contribution is 2.24. The van der Waals surface area contributed by atoms with Gasteiger partial charge in [-0.05, 0) is 45.4 Å². The van der Waals surface area contributed by atoms with Crippen LogP contribution in [-0.4, -0.2) is 28.8 Å². The Hall–Kier alpha value is -1.61. The first-order valence-corrected chi connectivity index (χ1v) is 6.74. The first-order valence-electron chi connectivity index (χ1n) is 6.74. The number of rotatable bonds is 4. The summed E-state index contributed by atoms with van der Waals surface area (Å²) in [5.41, 5.74) is 1.41. The average molecular weight is 258 g/mol. The number of benzene rings is 1. The Morgan fingerprint density at radius 1 is 1.26 bits per heavy atom. The number of nitrogens with zero attached hydrogens (tertiary/aromatic N) is 2. The van der Waals surface area contributed by atoms with Gasteiger partial charge in [0.15, 0.2) is 0 Å². The second kappa shape index (κ2) is 5.17. The summed E-state index contributed by atoms with van der Waals surface area (Å²) in [7, 11) is 0. The number of hydrogen-bond donors (Lipinski definition) is 1. The molecule has 0 aliphatic heterocycles. The molecule has 2 aromatic rings. The Bertz CT molecular complexity index is 572. The van der Waals surface area contributed by atoms with Gasteiger partial charge < -0.3 is 10.0 Å². The van der Waals surface area contributed by atoms with Crippen molar-refractivity contribution in [2.45, 2.75) is 33.3 Å². The van der Waals surface area contributed by atoms with Crippen molar-refractivity contribution in [3.05, 3.63) is 35.9 Å². The summed E-state index contributed by atoms with van der Waals surface area (Å²) in [5.74, 6) is 0.961. The Balaban J connectivity index is 2.45. The van der Waals surface area contributed by atoms with E-state index in [9.17, 15) is 5.11 Å². The molecule has 0 spiro atoms. The van der Waals surface area contributed by atoms with E-state index in [1.807, 2.05) is 32.0 Å². The highest BCUT2D eigenvalue weighted by Gasteiger charge is 2.19. The lowest BCUT2D eigenvalue weighted by Gasteiger charge is -2.30. The van der Waals surface area contributed by atoms with Crippen molar-refractivity contribution in [3.63, 3.8) is 0 Å². The second-order valence-corrected chi connectivity index (χ2v) is 5.65. The number of pyridine rings is 1. The van der Waals surface area contributed by atoms with E-state index >= 15 is 0 Å². The molecular weight excluding hydrogens is 236 g/mol. The number of aromatic nitrogens is 1. The first-order chi connectivity index (χ1) is 8.90. The summed E-state index contributed by atoms with van der Waals surface area (Å²) < 4.78 is 0. The van der Waals surface area contributed by atoms with E-state index in [0.29, 0.717) is 6.54 Å². The van der Waals surface area contributed by atoms with Crippen LogP contribution in [0.5, 0.6) is 0 Å². The molecule has 102 valence electrons. The van der Waals surface area contributed by atoms with Crippen molar-refractivity contribution in [2.75, 3.05) is 18.0 Å². The van der Waals surface area contributed by atoms with E-state index in [1.165, 1.54) is 0 Å². The largest absolute Gasteiger partial charge is 0.389 e. The quantitative estimate of drug-likeness (QED) is 0.915. The van der Waals surface area contributed by atoms with Gasteiger partial charge in [0.2, 0.25) is 0 Å². The number of aryl methyl sites for hydroxylation is 1. The van der Waals surface area contributed by atoms with Crippen LogP contribution in [0.1, 0.15) is 26.3 Å². The molecule has 1 aromatic heterocycles. The van der Waals surface area contributed by atoms with E-state index in [0.717, 1.165) is 28.8 Å². The molecule has 0 unspecified atom stereocenters. The number of aliphatic hydroxyl groups is 1. The van der Waals surface area contributed by atoms with Crippen LogP contribution >= 0.6 is 0 Å². The summed E-state index contributed by atoms with van der Waals surface area (Å²) in [6.07, 6.45) is 0. The van der Waals surface area contributed by atoms with Crippen LogP contribution in [0.4, 0.5) is 5.82 Å². The number of fused-ring (bicyclic) bond motifs is 1. The number of likely N-dealkylation sites (N-methyl/N-ethyl adjacent to an activating group) is 1. The van der Waals surface area contributed by atoms with Gasteiger partial charge in [-0.25, -0.2) is 4.98 Å². The number of anilines is 1. The second-order valence-electron chi connectivity index (χ2n) is 5.65. The Kier molecular flexibility index (Phi) is 3.76. The van der Waals surface area contributed by atoms with E-state index < -0.39 is 5.60 Å². The normalized spacial score (nSPS) is 11.8. The molecule has 0 bridgehead atoms. The van der Waals surface area contributed by atoms with Gasteiger partial charge in [-0.1, -0.05) is 18.2 Å². The summed E-state index contributed by atoms with van der Waals surface area (Å²) in [4.78, 5) is 6.87. The van der Waals surface area contributed by atoms with E-state index in [4.69, 9.17) is 4.98 Å². The third kappa shape index (κ3) is 3.24. The monoisotopic (exact) mass is 258 g/mol. The maximum atomic E-state index is 10.0. The van der Waals surface area contributed by atoms with Gasteiger partial charge in [0.25, 0.3) is 0 Å². The molecule has 0 saturated carbocycles. The summed E-state index contributed by atoms with van der Waals surface area (Å²) in [5, 5.41) is 11.2. The van der Waals surface area contributed by atoms with E-state index in [2.05, 4.69) is 30.9 Å². The zero-order valence-electron chi connectivity index (χ0n) is 12.1. The summed E-state index contributed by atoms with van der Waals surface area (Å²) in [6.45, 7) is 9.22. The number of hydrogen-bond acceptors (Lipinski definition) is 3. The predicted octanol–water partition coefficient (Wildman–Crippen LogP) is 3.14. The summed E-state index contributed by atoms with van der Waals surface area (Å²) >= 11 is 0. The highest BCUT2D eigenvalue weighted by atomic mass is 16.3. The van der Waals surface area contributed by atoms with E-state index in [1.54, 1.807) is 0 Å². The van der Waals surface area contributed by atoms with Crippen LogP contribution in [0.2, 0.25) is 0 Å². The molecule has 2 rings (SSSR count). The molecule has 0 aliphatic carbocycles. The van der Waals surface area contributed by atoms with Crippen molar-refractivity contribution < 1.29 is 5.11 Å². The average Bonchev–Trinajstić information content (AvgIpc) is 2.34. The fourth-order valence-corrected chi connectivity index (χ4v) is 2.34. The lowest BCUT2D eigenvalue weighted by molar-refractivity contribution is 0.0874. The van der Waals surface area contributed by atoms with Crippen LogP contribution in [0.25, 0.3) is 10.9 Å².